The van der Waals surface area contributed by atoms with E-state index in [9.17, 15) is 9.59 Å². The summed E-state index contributed by atoms with van der Waals surface area (Å²) in [5, 5.41) is 3.15. The molecule has 1 atom stereocenters. The van der Waals surface area contributed by atoms with E-state index in [0.29, 0.717) is 26.4 Å². The van der Waals surface area contributed by atoms with Crippen molar-refractivity contribution in [1.29, 1.82) is 0 Å². The van der Waals surface area contributed by atoms with Crippen molar-refractivity contribution in [1.82, 2.24) is 4.90 Å². The largest absolute Gasteiger partial charge is 0.453 e. The van der Waals surface area contributed by atoms with Crippen LogP contribution in [0.15, 0.2) is 42.5 Å². The third-order valence-electron chi connectivity index (χ3n) is 8.03. The number of methoxy groups -OCH3 is 1. The molecule has 9 heteroatoms. The monoisotopic (exact) mass is 536 g/mol. The van der Waals surface area contributed by atoms with E-state index in [1.807, 2.05) is 23.1 Å². The fourth-order valence-electron chi connectivity index (χ4n) is 5.81. The molecule has 2 saturated heterocycles. The van der Waals surface area contributed by atoms with Crippen LogP contribution in [-0.2, 0) is 25.5 Å². The number of ether oxygens (including phenoxy) is 3. The fraction of sp³-hybridized carbons (Fsp3) is 0.533. The van der Waals surface area contributed by atoms with Crippen molar-refractivity contribution >= 4 is 23.4 Å². The first-order valence-corrected chi connectivity index (χ1v) is 14.1. The second-order valence-electron chi connectivity index (χ2n) is 10.7. The Kier molecular flexibility index (Phi) is 9.01. The van der Waals surface area contributed by atoms with Crippen LogP contribution < -0.4 is 16.0 Å². The molecule has 1 saturated carbocycles. The Labute approximate surface area is 230 Å². The zero-order chi connectivity index (χ0) is 27.2. The fourth-order valence-corrected chi connectivity index (χ4v) is 5.81. The first-order chi connectivity index (χ1) is 19.0. The lowest BCUT2D eigenvalue weighted by atomic mass is 9.90. The summed E-state index contributed by atoms with van der Waals surface area (Å²) in [4.78, 5) is 29.8. The van der Waals surface area contributed by atoms with Crippen molar-refractivity contribution < 1.29 is 23.8 Å². The van der Waals surface area contributed by atoms with Crippen molar-refractivity contribution in [2.24, 2.45) is 5.73 Å². The van der Waals surface area contributed by atoms with Crippen molar-refractivity contribution in [3.63, 3.8) is 0 Å². The maximum absolute atomic E-state index is 13.0. The van der Waals surface area contributed by atoms with Gasteiger partial charge in [0.1, 0.15) is 6.10 Å². The molecule has 1 aliphatic carbocycles. The van der Waals surface area contributed by atoms with Gasteiger partial charge < -0.3 is 35.1 Å². The quantitative estimate of drug-likeness (QED) is 0.548. The van der Waals surface area contributed by atoms with Crippen molar-refractivity contribution in [3.05, 3.63) is 48.0 Å². The highest BCUT2D eigenvalue weighted by molar-refractivity contribution is 5.98. The molecular formula is C30H40N4O5. The Balaban J connectivity index is 1.39. The van der Waals surface area contributed by atoms with Crippen LogP contribution in [0.1, 0.15) is 44.1 Å². The summed E-state index contributed by atoms with van der Waals surface area (Å²) in [5.74, 6) is -0.103. The van der Waals surface area contributed by atoms with E-state index in [1.165, 1.54) is 7.11 Å². The molecule has 3 fully saturated rings. The molecule has 5 rings (SSSR count). The third-order valence-corrected chi connectivity index (χ3v) is 8.03. The van der Waals surface area contributed by atoms with Gasteiger partial charge >= 0.3 is 6.09 Å². The van der Waals surface area contributed by atoms with Gasteiger partial charge in [0, 0.05) is 38.3 Å². The first kappa shape index (κ1) is 27.4. The molecule has 0 radical (unpaired) electrons. The zero-order valence-corrected chi connectivity index (χ0v) is 22.8. The van der Waals surface area contributed by atoms with E-state index in [1.54, 1.807) is 0 Å². The number of amides is 2. The molecule has 39 heavy (non-hydrogen) atoms. The number of nitrogens with two attached hydrogens (primary N) is 1. The average molecular weight is 537 g/mol. The molecule has 2 aliphatic heterocycles. The summed E-state index contributed by atoms with van der Waals surface area (Å²) < 4.78 is 16.3. The van der Waals surface area contributed by atoms with Crippen LogP contribution in [0.25, 0.3) is 11.1 Å². The number of anilines is 2. The molecule has 2 aromatic rings. The van der Waals surface area contributed by atoms with E-state index in [-0.39, 0.29) is 24.1 Å². The van der Waals surface area contributed by atoms with Gasteiger partial charge in [0.05, 0.1) is 31.7 Å². The number of hydrogen-bond acceptors (Lipinski definition) is 7. The van der Waals surface area contributed by atoms with Crippen LogP contribution >= 0.6 is 0 Å². The summed E-state index contributed by atoms with van der Waals surface area (Å²) in [5.41, 5.74) is 10.9. The molecule has 2 aromatic carbocycles. The minimum atomic E-state index is -0.409. The average Bonchev–Trinajstić information content (AvgIpc) is 3.52. The standard InChI is InChI=1S/C30H40N4O5/c1-37-30(36)34(25-10-8-24(31)9-11-25)20-21-4-2-5-22(18-21)23-7-12-27(33-13-16-38-17-14-33)26(19-23)32-29(35)28-6-3-15-39-28/h2,4-5,7,12,18-19,24-25,28H,3,6,8-11,13-17,20,31H2,1H3,(H,32,35). The smallest absolute Gasteiger partial charge is 0.410 e. The first-order valence-electron chi connectivity index (χ1n) is 14.1. The summed E-state index contributed by atoms with van der Waals surface area (Å²) in [6, 6.07) is 14.7. The van der Waals surface area contributed by atoms with Crippen LogP contribution in [0.2, 0.25) is 0 Å². The number of nitrogens with zero attached hydrogens (tertiary/aromatic N) is 2. The number of benzene rings is 2. The minimum absolute atomic E-state index is 0.103. The maximum Gasteiger partial charge on any atom is 0.410 e. The van der Waals surface area contributed by atoms with Crippen molar-refractivity contribution in [3.8, 4) is 11.1 Å². The second-order valence-corrected chi connectivity index (χ2v) is 10.7. The van der Waals surface area contributed by atoms with Gasteiger partial charge in [-0.05, 0) is 73.4 Å². The normalized spacial score (nSPS) is 23.3. The number of morpholine rings is 1. The van der Waals surface area contributed by atoms with Gasteiger partial charge in [-0.1, -0.05) is 24.3 Å². The molecule has 3 N–H and O–H groups in total. The highest BCUT2D eigenvalue weighted by atomic mass is 16.5. The highest BCUT2D eigenvalue weighted by Gasteiger charge is 2.29. The molecule has 3 aliphatic rings. The summed E-state index contributed by atoms with van der Waals surface area (Å²) in [6.07, 6.45) is 4.51. The molecule has 0 aromatic heterocycles. The SMILES string of the molecule is COC(=O)N(Cc1cccc(-c2ccc(N3CCOCC3)c(NC(=O)C3CCCO3)c2)c1)C1CCC(N)CC1. The van der Waals surface area contributed by atoms with Gasteiger partial charge in [0.25, 0.3) is 5.91 Å². The lowest BCUT2D eigenvalue weighted by Gasteiger charge is -2.35. The Morgan fingerprint density at radius 2 is 1.79 bits per heavy atom. The summed E-state index contributed by atoms with van der Waals surface area (Å²) in [6.45, 7) is 3.95. The van der Waals surface area contributed by atoms with Crippen LogP contribution in [0.4, 0.5) is 16.2 Å². The van der Waals surface area contributed by atoms with Crippen LogP contribution in [0.5, 0.6) is 0 Å². The number of rotatable bonds is 7. The number of carbonyl (C=O) groups is 2. The molecule has 0 bridgehead atoms. The van der Waals surface area contributed by atoms with Gasteiger partial charge in [0.2, 0.25) is 0 Å². The van der Waals surface area contributed by atoms with Crippen LogP contribution in [0.3, 0.4) is 0 Å². The molecule has 0 spiro atoms. The Morgan fingerprint density at radius 3 is 2.51 bits per heavy atom. The van der Waals surface area contributed by atoms with E-state index >= 15 is 0 Å². The maximum atomic E-state index is 13.0. The Morgan fingerprint density at radius 1 is 1.03 bits per heavy atom. The van der Waals surface area contributed by atoms with E-state index < -0.39 is 6.10 Å². The van der Waals surface area contributed by atoms with Gasteiger partial charge in [-0.2, -0.15) is 0 Å². The summed E-state index contributed by atoms with van der Waals surface area (Å²) in [7, 11) is 1.43. The topological polar surface area (TPSA) is 106 Å². The van der Waals surface area contributed by atoms with E-state index in [2.05, 4.69) is 34.5 Å². The number of carbonyl (C=O) groups excluding carboxylic acids is 2. The molecule has 2 amide bonds. The molecule has 210 valence electrons. The number of hydrogen-bond donors (Lipinski definition) is 2. The van der Waals surface area contributed by atoms with E-state index in [4.69, 9.17) is 19.9 Å². The van der Waals surface area contributed by atoms with Crippen LogP contribution in [-0.4, -0.2) is 75.1 Å². The Bertz CT molecular complexity index is 1140. The third kappa shape index (κ3) is 6.72. The zero-order valence-electron chi connectivity index (χ0n) is 22.8. The van der Waals surface area contributed by atoms with Crippen LogP contribution in [0, 0.1) is 0 Å². The number of nitrogens with one attached hydrogen (secondary N) is 1. The Hall–Kier alpha value is -3.14. The lowest BCUT2D eigenvalue weighted by Crippen LogP contribution is -2.43. The van der Waals surface area contributed by atoms with Gasteiger partial charge in [-0.3, -0.25) is 4.79 Å². The molecule has 1 unspecified atom stereocenters. The molecule has 2 heterocycles. The predicted octanol–water partition coefficient (Wildman–Crippen LogP) is 4.15. The predicted molar refractivity (Wildman–Crippen MR) is 151 cm³/mol. The lowest BCUT2D eigenvalue weighted by molar-refractivity contribution is -0.124. The van der Waals surface area contributed by atoms with E-state index in [0.717, 1.165) is 79.7 Å². The highest BCUT2D eigenvalue weighted by Crippen LogP contribution is 2.34. The van der Waals surface area contributed by atoms with Gasteiger partial charge in [0.15, 0.2) is 0 Å². The molecular weight excluding hydrogens is 496 g/mol. The van der Waals surface area contributed by atoms with Crippen molar-refractivity contribution in [2.45, 2.75) is 63.3 Å². The van der Waals surface area contributed by atoms with Crippen molar-refractivity contribution in [2.75, 3.05) is 50.2 Å². The molecule has 9 nitrogen and oxygen atoms in total. The second kappa shape index (κ2) is 12.8. The van der Waals surface area contributed by atoms with Gasteiger partial charge in [-0.15, -0.1) is 0 Å². The van der Waals surface area contributed by atoms with Gasteiger partial charge in [-0.25, -0.2) is 4.79 Å². The summed E-state index contributed by atoms with van der Waals surface area (Å²) >= 11 is 0. The minimum Gasteiger partial charge on any atom is -0.453 e.